The van der Waals surface area contributed by atoms with Crippen molar-refractivity contribution in [2.75, 3.05) is 19.8 Å². The summed E-state index contributed by atoms with van der Waals surface area (Å²) >= 11 is 0. The Hall–Kier alpha value is -2.91. The van der Waals surface area contributed by atoms with Gasteiger partial charge in [0.05, 0.1) is 25.4 Å². The Labute approximate surface area is 271 Å². The topological polar surface area (TPSA) is 94.5 Å². The predicted molar refractivity (Wildman–Crippen MR) is 184 cm³/mol. The summed E-state index contributed by atoms with van der Waals surface area (Å²) in [7, 11) is -1.99. The van der Waals surface area contributed by atoms with Crippen LogP contribution in [-0.2, 0) is 20.2 Å². The molecule has 3 saturated heterocycles. The van der Waals surface area contributed by atoms with Gasteiger partial charge in [0.2, 0.25) is 8.32 Å². The number of allylic oxidation sites excluding steroid dienone is 2. The second-order valence-electron chi connectivity index (χ2n) is 14.2. The van der Waals surface area contributed by atoms with Crippen molar-refractivity contribution in [3.63, 3.8) is 0 Å². The van der Waals surface area contributed by atoms with Crippen LogP contribution in [0.15, 0.2) is 36.4 Å². The molecule has 0 aromatic heterocycles. The van der Waals surface area contributed by atoms with E-state index in [9.17, 15) is 9.90 Å². The van der Waals surface area contributed by atoms with Crippen LogP contribution in [0.4, 0.5) is 0 Å². The number of hydrogen-bond acceptors (Lipinski definition) is 6. The molecule has 0 aliphatic carbocycles. The molecule has 2 aromatic carbocycles. The molecule has 0 spiro atoms. The molecule has 0 amide bonds. The number of fused-ring (bicyclic) bond motifs is 3. The van der Waals surface area contributed by atoms with Crippen molar-refractivity contribution in [3.05, 3.63) is 69.8 Å². The number of ether oxygens (including phenoxy) is 3. The fourth-order valence-corrected chi connectivity index (χ4v) is 5.83. The maximum absolute atomic E-state index is 10.9. The van der Waals surface area contributed by atoms with Gasteiger partial charge < -0.3 is 28.8 Å². The molecule has 3 heterocycles. The van der Waals surface area contributed by atoms with E-state index in [0.29, 0.717) is 30.9 Å². The number of benzene rings is 2. The third-order valence-electron chi connectivity index (χ3n) is 8.88. The summed E-state index contributed by atoms with van der Waals surface area (Å²) in [4.78, 5) is 10.9. The number of aromatic hydroxyl groups is 1. The van der Waals surface area contributed by atoms with Crippen molar-refractivity contribution in [2.24, 2.45) is 5.41 Å². The normalized spacial score (nSPS) is 21.6. The van der Waals surface area contributed by atoms with Crippen LogP contribution in [0.25, 0.3) is 12.2 Å². The lowest BCUT2D eigenvalue weighted by Crippen LogP contribution is -2.57. The molecule has 5 rings (SSSR count). The Balaban J connectivity index is 0.000000292. The van der Waals surface area contributed by atoms with Crippen molar-refractivity contribution in [3.8, 4) is 11.5 Å². The number of phenolic OH excluding ortho intramolecular Hbond substituents is 1. The van der Waals surface area contributed by atoms with Gasteiger partial charge in [0.1, 0.15) is 11.5 Å². The molecular weight excluding hydrogens is 584 g/mol. The third-order valence-corrected chi connectivity index (χ3v) is 13.2. The maximum Gasteiger partial charge on any atom is 0.336 e. The molecule has 248 valence electrons. The Morgan fingerprint density at radius 2 is 1.42 bits per heavy atom. The molecule has 3 aliphatic rings. The second-order valence-corrected chi connectivity index (χ2v) is 18.9. The summed E-state index contributed by atoms with van der Waals surface area (Å²) in [6.45, 7) is 23.3. The van der Waals surface area contributed by atoms with Crippen LogP contribution < -0.4 is 4.43 Å². The van der Waals surface area contributed by atoms with Gasteiger partial charge in [-0.3, -0.25) is 0 Å². The Kier molecular flexibility index (Phi) is 11.9. The van der Waals surface area contributed by atoms with E-state index in [1.165, 1.54) is 0 Å². The number of carboxylic acids is 1. The average molecular weight is 639 g/mol. The van der Waals surface area contributed by atoms with E-state index in [2.05, 4.69) is 85.8 Å². The molecule has 7 nitrogen and oxygen atoms in total. The number of carbonyl (C=O) groups is 1. The molecule has 2 aromatic rings. The zero-order valence-electron chi connectivity index (χ0n) is 29.0. The minimum absolute atomic E-state index is 0.0241. The maximum atomic E-state index is 10.9. The fourth-order valence-electron chi connectivity index (χ4n) is 4.76. The largest absolute Gasteiger partial charge is 0.543 e. The Morgan fingerprint density at radius 1 is 0.911 bits per heavy atom. The predicted octanol–water partition coefficient (Wildman–Crippen LogP) is 9.60. The quantitative estimate of drug-likeness (QED) is 0.250. The first-order valence-electron chi connectivity index (χ1n) is 16.1. The lowest BCUT2D eigenvalue weighted by atomic mass is 9.90. The first-order valence-corrected chi connectivity index (χ1v) is 19.0. The van der Waals surface area contributed by atoms with E-state index in [0.717, 1.165) is 48.1 Å². The Bertz CT molecular complexity index is 1380. The first-order chi connectivity index (χ1) is 21.0. The van der Waals surface area contributed by atoms with Crippen molar-refractivity contribution >= 4 is 26.4 Å². The van der Waals surface area contributed by atoms with Gasteiger partial charge in [0.25, 0.3) is 0 Å². The lowest BCUT2D eigenvalue weighted by molar-refractivity contribution is -0.477. The van der Waals surface area contributed by atoms with E-state index in [1.807, 2.05) is 12.2 Å². The van der Waals surface area contributed by atoms with Crippen LogP contribution in [0.2, 0.25) is 18.1 Å². The van der Waals surface area contributed by atoms with E-state index in [4.69, 9.17) is 23.7 Å². The molecule has 45 heavy (non-hydrogen) atoms. The number of carboxylic acid groups (broad SMARTS) is 1. The highest BCUT2D eigenvalue weighted by molar-refractivity contribution is 6.74. The summed E-state index contributed by atoms with van der Waals surface area (Å²) < 4.78 is 25.2. The molecule has 8 heteroatoms. The zero-order chi connectivity index (χ0) is 33.6. The summed E-state index contributed by atoms with van der Waals surface area (Å²) in [6, 6.07) is 7.43. The second kappa shape index (κ2) is 14.7. The number of hydrogen-bond donors (Lipinski definition) is 2. The fraction of sp³-hybridized carbons (Fsp3) is 0.541. The molecule has 0 unspecified atom stereocenters. The minimum Gasteiger partial charge on any atom is -0.543 e. The van der Waals surface area contributed by atoms with Crippen LogP contribution in [0.1, 0.15) is 105 Å². The highest BCUT2D eigenvalue weighted by Crippen LogP contribution is 2.47. The average Bonchev–Trinajstić information content (AvgIpc) is 2.96. The van der Waals surface area contributed by atoms with Crippen LogP contribution in [0.5, 0.6) is 11.5 Å². The molecule has 2 bridgehead atoms. The number of phenols is 1. The molecule has 0 atom stereocenters. The van der Waals surface area contributed by atoms with Crippen LogP contribution in [0.3, 0.4) is 0 Å². The zero-order valence-corrected chi connectivity index (χ0v) is 30.0. The van der Waals surface area contributed by atoms with Crippen LogP contribution >= 0.6 is 0 Å². The van der Waals surface area contributed by atoms with Gasteiger partial charge in [-0.1, -0.05) is 78.7 Å². The Morgan fingerprint density at radius 3 is 1.89 bits per heavy atom. The van der Waals surface area contributed by atoms with Crippen molar-refractivity contribution in [2.45, 2.75) is 105 Å². The van der Waals surface area contributed by atoms with Gasteiger partial charge in [-0.25, -0.2) is 4.79 Å². The summed E-state index contributed by atoms with van der Waals surface area (Å²) in [5.74, 6) is -1.20. The molecule has 3 aliphatic heterocycles. The van der Waals surface area contributed by atoms with Gasteiger partial charge in [0.15, 0.2) is 0 Å². The highest BCUT2D eigenvalue weighted by atomic mass is 28.4. The van der Waals surface area contributed by atoms with E-state index < -0.39 is 20.3 Å². The number of unbranched alkanes of at least 4 members (excludes halogenated alkanes) is 2. The van der Waals surface area contributed by atoms with Crippen LogP contribution in [-0.4, -0.2) is 44.3 Å². The SMILES string of the molecule is CCC/C=C\c1cc(O)c(C)c(C(=O)O)c1.CCC/C=C\c1cc(O[Si](C)(C)C(C)(C)C)c(C)c(C23OCC(C)(CO2)CO3)c1. The van der Waals surface area contributed by atoms with E-state index >= 15 is 0 Å². The monoisotopic (exact) mass is 638 g/mol. The number of aromatic carboxylic acids is 1. The standard InChI is InChI=1S/C24H38O4Si.C13H16O3/c1-9-10-11-12-19-13-20(24-25-15-23(6,16-26-24)17-27-24)18(2)21(14-19)28-29(7,8)22(3,4)5;1-3-4-5-6-10-7-11(13(15)16)9(2)12(14)8-10/h11-14H,9-10,15-17H2,1-8H3;5-8,14H,3-4H2,1-2H3,(H,15,16)/b12-11-;6-5-. The smallest absolute Gasteiger partial charge is 0.336 e. The van der Waals surface area contributed by atoms with Crippen LogP contribution in [0, 0.1) is 19.3 Å². The van der Waals surface area contributed by atoms with Gasteiger partial charge >= 0.3 is 11.9 Å². The van der Waals surface area contributed by atoms with Gasteiger partial charge in [-0.15, -0.1) is 0 Å². The first kappa shape index (κ1) is 36.6. The minimum atomic E-state index is -1.99. The van der Waals surface area contributed by atoms with Gasteiger partial charge in [-0.2, -0.15) is 0 Å². The number of rotatable bonds is 10. The molecular formula is C37H54O7Si. The summed E-state index contributed by atoms with van der Waals surface area (Å²) in [5.41, 5.74) is 4.26. The van der Waals surface area contributed by atoms with Gasteiger partial charge in [-0.05, 0) is 80.2 Å². The van der Waals surface area contributed by atoms with Crippen molar-refractivity contribution in [1.29, 1.82) is 0 Å². The van der Waals surface area contributed by atoms with Crippen molar-refractivity contribution < 1.29 is 33.6 Å². The van der Waals surface area contributed by atoms with E-state index in [1.54, 1.807) is 19.1 Å². The summed E-state index contributed by atoms with van der Waals surface area (Å²) in [6.07, 6.45) is 12.3. The molecule has 0 saturated carbocycles. The van der Waals surface area contributed by atoms with E-state index in [-0.39, 0.29) is 21.8 Å². The highest BCUT2D eigenvalue weighted by Gasteiger charge is 2.52. The molecule has 3 fully saturated rings. The molecule has 0 radical (unpaired) electrons. The lowest BCUT2D eigenvalue weighted by Gasteiger charge is -2.51. The summed E-state index contributed by atoms with van der Waals surface area (Å²) in [5, 5.41) is 18.7. The van der Waals surface area contributed by atoms with Gasteiger partial charge in [0, 0.05) is 22.1 Å². The third kappa shape index (κ3) is 8.88. The van der Waals surface area contributed by atoms with Crippen molar-refractivity contribution in [1.82, 2.24) is 0 Å². The molecule has 2 N–H and O–H groups in total.